The van der Waals surface area contributed by atoms with Gasteiger partial charge in [-0.1, -0.05) is 0 Å². The number of carbonyl (C=O) groups is 5. The first-order chi connectivity index (χ1) is 14.4. The average Bonchev–Trinajstić information content (AvgIpc) is 2.67. The Balaban J connectivity index is 5.11. The van der Waals surface area contributed by atoms with E-state index in [1.54, 1.807) is 0 Å². The van der Waals surface area contributed by atoms with Gasteiger partial charge >= 0.3 is 11.9 Å². The van der Waals surface area contributed by atoms with Gasteiger partial charge in [-0.25, -0.2) is 4.79 Å². The molecule has 0 aromatic rings. The molecule has 31 heavy (non-hydrogen) atoms. The quantitative estimate of drug-likeness (QED) is 0.108. The van der Waals surface area contributed by atoms with Crippen LogP contribution in [0.15, 0.2) is 0 Å². The van der Waals surface area contributed by atoms with Gasteiger partial charge in [-0.05, 0) is 32.7 Å². The Hall–Kier alpha value is -2.81. The van der Waals surface area contributed by atoms with Crippen molar-refractivity contribution in [3.63, 3.8) is 0 Å². The number of aliphatic carboxylic acids is 2. The Morgan fingerprint density at radius 2 is 1.48 bits per heavy atom. The summed E-state index contributed by atoms with van der Waals surface area (Å²) in [6.45, 7) is 0.600. The van der Waals surface area contributed by atoms with Gasteiger partial charge in [0.25, 0.3) is 0 Å². The summed E-state index contributed by atoms with van der Waals surface area (Å²) in [5.41, 5.74) is 10.7. The van der Waals surface area contributed by atoms with Crippen LogP contribution in [0.5, 0.6) is 0 Å². The molecule has 5 atom stereocenters. The average molecular weight is 449 g/mol. The molecular weight excluding hydrogens is 418 g/mol. The van der Waals surface area contributed by atoms with Crippen LogP contribution in [-0.4, -0.2) is 93.5 Å². The second-order valence-electron chi connectivity index (χ2n) is 6.86. The van der Waals surface area contributed by atoms with Crippen molar-refractivity contribution < 1.29 is 44.4 Å². The van der Waals surface area contributed by atoms with Gasteiger partial charge in [0.15, 0.2) is 0 Å². The van der Waals surface area contributed by atoms with E-state index in [2.05, 4.69) is 16.0 Å². The number of hydrogen-bond donors (Lipinski definition) is 9. The maximum atomic E-state index is 12.4. The molecule has 5 unspecified atom stereocenters. The molecule has 0 bridgehead atoms. The van der Waals surface area contributed by atoms with Gasteiger partial charge in [-0.3, -0.25) is 19.2 Å². The first-order valence-corrected chi connectivity index (χ1v) is 9.54. The lowest BCUT2D eigenvalue weighted by Gasteiger charge is -2.25. The number of carbonyl (C=O) groups excluding carboxylic acids is 3. The first kappa shape index (κ1) is 28.2. The number of hydrogen-bond acceptors (Lipinski definition) is 9. The van der Waals surface area contributed by atoms with E-state index < -0.39 is 73.0 Å². The molecule has 0 saturated carbocycles. The Kier molecular flexibility index (Phi) is 12.9. The van der Waals surface area contributed by atoms with Crippen LogP contribution in [0.3, 0.4) is 0 Å². The van der Waals surface area contributed by atoms with E-state index in [9.17, 15) is 39.3 Å². The first-order valence-electron chi connectivity index (χ1n) is 9.54. The highest BCUT2D eigenvalue weighted by Crippen LogP contribution is 2.02. The van der Waals surface area contributed by atoms with E-state index in [4.69, 9.17) is 16.6 Å². The molecule has 0 aliphatic rings. The van der Waals surface area contributed by atoms with Crippen molar-refractivity contribution in [1.82, 2.24) is 16.0 Å². The molecule has 0 heterocycles. The third-order valence-corrected chi connectivity index (χ3v) is 4.17. The Morgan fingerprint density at radius 1 is 0.903 bits per heavy atom. The molecule has 0 saturated heterocycles. The van der Waals surface area contributed by atoms with Crippen LogP contribution in [0.25, 0.3) is 0 Å². The molecule has 0 aromatic heterocycles. The maximum absolute atomic E-state index is 12.4. The van der Waals surface area contributed by atoms with Gasteiger partial charge in [0.2, 0.25) is 17.7 Å². The van der Waals surface area contributed by atoms with Gasteiger partial charge in [-0.15, -0.1) is 0 Å². The number of rotatable bonds is 15. The highest BCUT2D eigenvalue weighted by atomic mass is 16.4. The fraction of sp³-hybridized carbons (Fsp3) is 0.706. The highest BCUT2D eigenvalue weighted by molar-refractivity contribution is 5.95. The fourth-order valence-electron chi connectivity index (χ4n) is 2.42. The normalized spacial score (nSPS) is 15.6. The monoisotopic (exact) mass is 449 g/mol. The summed E-state index contributed by atoms with van der Waals surface area (Å²) in [5.74, 6) is -5.75. The van der Waals surface area contributed by atoms with Crippen LogP contribution in [0.2, 0.25) is 0 Å². The molecule has 14 heteroatoms. The molecule has 0 radical (unpaired) electrons. The van der Waals surface area contributed by atoms with Gasteiger partial charge in [0.1, 0.15) is 18.1 Å². The Bertz CT molecular complexity index is 643. The summed E-state index contributed by atoms with van der Waals surface area (Å²) in [4.78, 5) is 58.6. The molecule has 3 amide bonds. The van der Waals surface area contributed by atoms with Crippen molar-refractivity contribution in [2.45, 2.75) is 62.9 Å². The number of carboxylic acid groups (broad SMARTS) is 2. The van der Waals surface area contributed by atoms with Crippen LogP contribution >= 0.6 is 0 Å². The molecule has 178 valence electrons. The Morgan fingerprint density at radius 3 is 1.94 bits per heavy atom. The summed E-state index contributed by atoms with van der Waals surface area (Å²) in [7, 11) is 0. The van der Waals surface area contributed by atoms with Crippen LogP contribution in [0.4, 0.5) is 0 Å². The van der Waals surface area contributed by atoms with Gasteiger partial charge in [-0.2, -0.15) is 0 Å². The molecular formula is C17H31N5O9. The molecule has 0 aliphatic heterocycles. The minimum Gasteiger partial charge on any atom is -0.481 e. The SMILES string of the molecule is CC(O)C(NC(=O)C(N)CC(=O)O)C(=O)NC(CO)C(=O)NC(CCCCN)C(=O)O. The fourth-order valence-corrected chi connectivity index (χ4v) is 2.42. The van der Waals surface area contributed by atoms with Crippen LogP contribution in [0, 0.1) is 0 Å². The van der Waals surface area contributed by atoms with Gasteiger partial charge < -0.3 is 47.8 Å². The zero-order chi connectivity index (χ0) is 24.1. The van der Waals surface area contributed by atoms with Crippen LogP contribution in [-0.2, 0) is 24.0 Å². The standard InChI is InChI=1S/C17H31N5O9/c1-8(24)13(22-14(27)9(19)6-12(25)26)16(29)21-11(7-23)15(28)20-10(17(30)31)4-2-3-5-18/h8-11,13,23-24H,2-7,18-19H2,1H3,(H,20,28)(H,21,29)(H,22,27)(H,25,26)(H,30,31). The maximum Gasteiger partial charge on any atom is 0.326 e. The molecule has 0 spiro atoms. The number of aliphatic hydroxyl groups excluding tert-OH is 2. The molecule has 0 aromatic carbocycles. The van der Waals surface area contributed by atoms with Crippen molar-refractivity contribution in [2.24, 2.45) is 11.5 Å². The van der Waals surface area contributed by atoms with Gasteiger partial charge in [0, 0.05) is 0 Å². The smallest absolute Gasteiger partial charge is 0.326 e. The van der Waals surface area contributed by atoms with E-state index in [1.165, 1.54) is 0 Å². The summed E-state index contributed by atoms with van der Waals surface area (Å²) in [6.07, 6.45) is -1.14. The second kappa shape index (κ2) is 14.2. The van der Waals surface area contributed by atoms with Crippen molar-refractivity contribution in [3.05, 3.63) is 0 Å². The Labute approximate surface area is 178 Å². The van der Waals surface area contributed by atoms with Crippen LogP contribution < -0.4 is 27.4 Å². The summed E-state index contributed by atoms with van der Waals surface area (Å²) < 4.78 is 0. The van der Waals surface area contributed by atoms with E-state index in [0.717, 1.165) is 6.92 Å². The van der Waals surface area contributed by atoms with Crippen molar-refractivity contribution in [2.75, 3.05) is 13.2 Å². The molecule has 0 rings (SSSR count). The van der Waals surface area contributed by atoms with Crippen molar-refractivity contribution in [1.29, 1.82) is 0 Å². The summed E-state index contributed by atoms with van der Waals surface area (Å²) >= 11 is 0. The van der Waals surface area contributed by atoms with E-state index in [-0.39, 0.29) is 6.42 Å². The number of nitrogens with one attached hydrogen (secondary N) is 3. The minimum atomic E-state index is -1.62. The molecule has 14 nitrogen and oxygen atoms in total. The zero-order valence-corrected chi connectivity index (χ0v) is 17.1. The lowest BCUT2D eigenvalue weighted by Crippen LogP contribution is -2.60. The van der Waals surface area contributed by atoms with Crippen LogP contribution in [0.1, 0.15) is 32.6 Å². The topological polar surface area (TPSA) is 254 Å². The summed E-state index contributed by atoms with van der Waals surface area (Å²) in [6, 6.07) is -5.96. The van der Waals surface area contributed by atoms with Crippen molar-refractivity contribution in [3.8, 4) is 0 Å². The largest absolute Gasteiger partial charge is 0.481 e. The summed E-state index contributed by atoms with van der Waals surface area (Å²) in [5, 5.41) is 43.4. The highest BCUT2D eigenvalue weighted by Gasteiger charge is 2.32. The number of amides is 3. The van der Waals surface area contributed by atoms with E-state index in [0.29, 0.717) is 19.4 Å². The second-order valence-corrected chi connectivity index (χ2v) is 6.86. The number of unbranched alkanes of at least 4 members (excludes halogenated alkanes) is 1. The number of aliphatic hydroxyl groups is 2. The molecule has 0 fully saturated rings. The molecule has 0 aliphatic carbocycles. The minimum absolute atomic E-state index is 0.0815. The predicted octanol–water partition coefficient (Wildman–Crippen LogP) is -4.17. The van der Waals surface area contributed by atoms with Gasteiger partial charge in [0.05, 0.1) is 25.2 Å². The van der Waals surface area contributed by atoms with Crippen molar-refractivity contribution >= 4 is 29.7 Å². The van der Waals surface area contributed by atoms with E-state index >= 15 is 0 Å². The predicted molar refractivity (Wildman–Crippen MR) is 105 cm³/mol. The number of carboxylic acids is 2. The zero-order valence-electron chi connectivity index (χ0n) is 17.1. The third-order valence-electron chi connectivity index (χ3n) is 4.17. The lowest BCUT2D eigenvalue weighted by molar-refractivity contribution is -0.143. The molecule has 11 N–H and O–H groups in total. The lowest BCUT2D eigenvalue weighted by atomic mass is 10.1. The van der Waals surface area contributed by atoms with E-state index in [1.807, 2.05) is 0 Å². The number of nitrogens with two attached hydrogens (primary N) is 2. The third kappa shape index (κ3) is 10.7.